The number of piperazine rings is 1. The van der Waals surface area contributed by atoms with Crippen LogP contribution in [0.25, 0.3) is 0 Å². The number of likely N-dealkylation sites (tertiary alicyclic amines) is 2. The second-order valence-electron chi connectivity index (χ2n) is 12.6. The fourth-order valence-corrected chi connectivity index (χ4v) is 6.97. The summed E-state index contributed by atoms with van der Waals surface area (Å²) >= 11 is 0. The first-order chi connectivity index (χ1) is 18.2. The molecule has 1 aromatic heterocycles. The minimum atomic E-state index is -0.684. The topological polar surface area (TPSA) is 73.7 Å². The van der Waals surface area contributed by atoms with E-state index in [0.29, 0.717) is 24.9 Å². The van der Waals surface area contributed by atoms with Gasteiger partial charge in [0.2, 0.25) is 11.8 Å². The molecular formula is C30H52N6O2. The highest BCUT2D eigenvalue weighted by molar-refractivity contribution is 5.99. The molecule has 3 fully saturated rings. The van der Waals surface area contributed by atoms with Crippen molar-refractivity contribution < 1.29 is 9.59 Å². The lowest BCUT2D eigenvalue weighted by Crippen LogP contribution is -2.71. The standard InChI is InChI=1S/C30H52N6O2/c1-7-8-17-35-28(37)27(20-22(2)3)31-29(38)30(35)13-9-15-34(16-10-14-30)21-26-23(4)32-36(24(26)5)25-11-18-33(6)19-12-25/h22,25,27H,7-21H2,1-6H3,(H,31,38)/t27-/m0/s1. The average molecular weight is 529 g/mol. The van der Waals surface area contributed by atoms with Gasteiger partial charge in [0.05, 0.1) is 11.7 Å². The quantitative estimate of drug-likeness (QED) is 0.551. The fraction of sp³-hybridized carbons (Fsp3) is 0.833. The maximum absolute atomic E-state index is 13.6. The van der Waals surface area contributed by atoms with Gasteiger partial charge >= 0.3 is 0 Å². The number of carbonyl (C=O) groups is 2. The number of hydrogen-bond acceptors (Lipinski definition) is 5. The Bertz CT molecular complexity index is 954. The molecule has 3 saturated heterocycles. The van der Waals surface area contributed by atoms with E-state index in [0.717, 1.165) is 89.8 Å². The van der Waals surface area contributed by atoms with Crippen LogP contribution in [0, 0.1) is 19.8 Å². The zero-order valence-corrected chi connectivity index (χ0v) is 24.9. The Kier molecular flexibility index (Phi) is 9.56. The SMILES string of the molecule is CCCCN1C(=O)[C@H](CC(C)C)NC(=O)C12CCCN(Cc1c(C)nn(C3CCN(C)CC3)c1C)CCC2. The number of nitrogens with zero attached hydrogens (tertiary/aromatic N) is 5. The maximum Gasteiger partial charge on any atom is 0.246 e. The van der Waals surface area contributed by atoms with Gasteiger partial charge in [-0.2, -0.15) is 5.10 Å². The number of aromatic nitrogens is 2. The van der Waals surface area contributed by atoms with Gasteiger partial charge in [-0.25, -0.2) is 0 Å². The van der Waals surface area contributed by atoms with Crippen LogP contribution < -0.4 is 5.32 Å². The van der Waals surface area contributed by atoms with Gasteiger partial charge in [0.15, 0.2) is 0 Å². The first-order valence-corrected chi connectivity index (χ1v) is 15.2. The molecule has 0 aliphatic carbocycles. The number of amides is 2. The van der Waals surface area contributed by atoms with Crippen molar-refractivity contribution >= 4 is 11.8 Å². The van der Waals surface area contributed by atoms with Crippen molar-refractivity contribution in [2.45, 2.75) is 117 Å². The number of nitrogens with one attached hydrogen (secondary N) is 1. The smallest absolute Gasteiger partial charge is 0.246 e. The van der Waals surface area contributed by atoms with E-state index in [4.69, 9.17) is 5.10 Å². The van der Waals surface area contributed by atoms with Crippen LogP contribution in [0.4, 0.5) is 0 Å². The summed E-state index contributed by atoms with van der Waals surface area (Å²) in [6.07, 6.45) is 8.32. The number of carbonyl (C=O) groups excluding carboxylic acids is 2. The summed E-state index contributed by atoms with van der Waals surface area (Å²) in [7, 11) is 2.20. The number of piperidine rings is 1. The monoisotopic (exact) mass is 528 g/mol. The first-order valence-electron chi connectivity index (χ1n) is 15.2. The summed E-state index contributed by atoms with van der Waals surface area (Å²) in [6.45, 7) is 16.5. The fourth-order valence-electron chi connectivity index (χ4n) is 6.97. The summed E-state index contributed by atoms with van der Waals surface area (Å²) in [5.41, 5.74) is 3.15. The largest absolute Gasteiger partial charge is 0.342 e. The van der Waals surface area contributed by atoms with Gasteiger partial charge in [0.25, 0.3) is 0 Å². The lowest BCUT2D eigenvalue weighted by atomic mass is 9.80. The van der Waals surface area contributed by atoms with Crippen molar-refractivity contribution in [1.29, 1.82) is 0 Å². The Balaban J connectivity index is 1.44. The van der Waals surface area contributed by atoms with Crippen molar-refractivity contribution in [2.24, 2.45) is 5.92 Å². The third-order valence-electron chi connectivity index (χ3n) is 9.27. The normalized spacial score (nSPS) is 24.2. The molecular weight excluding hydrogens is 476 g/mol. The molecule has 1 aromatic rings. The summed E-state index contributed by atoms with van der Waals surface area (Å²) < 4.78 is 2.30. The maximum atomic E-state index is 13.6. The van der Waals surface area contributed by atoms with Gasteiger partial charge in [-0.15, -0.1) is 0 Å². The molecule has 3 aliphatic heterocycles. The van der Waals surface area contributed by atoms with Crippen molar-refractivity contribution in [3.63, 3.8) is 0 Å². The second-order valence-corrected chi connectivity index (χ2v) is 12.6. The van der Waals surface area contributed by atoms with Gasteiger partial charge in [-0.3, -0.25) is 19.2 Å². The summed E-state index contributed by atoms with van der Waals surface area (Å²) in [6, 6.07) is 0.126. The first kappa shape index (κ1) is 29.1. The van der Waals surface area contributed by atoms with Crippen molar-refractivity contribution in [1.82, 2.24) is 29.8 Å². The molecule has 214 valence electrons. The molecule has 38 heavy (non-hydrogen) atoms. The molecule has 0 radical (unpaired) electrons. The molecule has 8 heteroatoms. The highest BCUT2D eigenvalue weighted by Crippen LogP contribution is 2.35. The van der Waals surface area contributed by atoms with Gasteiger partial charge in [-0.05, 0) is 104 Å². The molecule has 0 saturated carbocycles. The van der Waals surface area contributed by atoms with E-state index in [9.17, 15) is 9.59 Å². The molecule has 1 atom stereocenters. The molecule has 4 heterocycles. The second kappa shape index (κ2) is 12.5. The summed E-state index contributed by atoms with van der Waals surface area (Å²) in [5, 5.41) is 8.15. The Hall–Kier alpha value is -1.93. The van der Waals surface area contributed by atoms with Gasteiger partial charge in [0, 0.05) is 24.3 Å². The Labute approximate surface area is 230 Å². The van der Waals surface area contributed by atoms with E-state index in [2.05, 4.69) is 61.5 Å². The van der Waals surface area contributed by atoms with E-state index in [1.54, 1.807) is 0 Å². The van der Waals surface area contributed by atoms with Gasteiger partial charge < -0.3 is 15.1 Å². The number of aryl methyl sites for hydroxylation is 1. The molecule has 8 nitrogen and oxygen atoms in total. The molecule has 1 spiro atoms. The minimum Gasteiger partial charge on any atom is -0.342 e. The van der Waals surface area contributed by atoms with Crippen LogP contribution in [0.2, 0.25) is 0 Å². The van der Waals surface area contributed by atoms with Gasteiger partial charge in [-0.1, -0.05) is 27.2 Å². The lowest BCUT2D eigenvalue weighted by Gasteiger charge is -2.50. The van der Waals surface area contributed by atoms with Crippen molar-refractivity contribution in [3.05, 3.63) is 17.0 Å². The molecule has 0 aromatic carbocycles. The lowest BCUT2D eigenvalue weighted by molar-refractivity contribution is -0.160. The number of hydrogen-bond donors (Lipinski definition) is 1. The minimum absolute atomic E-state index is 0.0818. The molecule has 1 N–H and O–H groups in total. The van der Waals surface area contributed by atoms with Crippen LogP contribution >= 0.6 is 0 Å². The third kappa shape index (κ3) is 6.11. The molecule has 2 amide bonds. The van der Waals surface area contributed by atoms with E-state index in [1.165, 1.54) is 11.3 Å². The van der Waals surface area contributed by atoms with Crippen LogP contribution in [0.3, 0.4) is 0 Å². The third-order valence-corrected chi connectivity index (χ3v) is 9.27. The molecule has 0 unspecified atom stereocenters. The van der Waals surface area contributed by atoms with Crippen molar-refractivity contribution in [3.8, 4) is 0 Å². The summed E-state index contributed by atoms with van der Waals surface area (Å²) in [5.74, 6) is 0.586. The van der Waals surface area contributed by atoms with E-state index in [1.807, 2.05) is 4.90 Å². The van der Waals surface area contributed by atoms with Crippen molar-refractivity contribution in [2.75, 3.05) is 39.8 Å². The highest BCUT2D eigenvalue weighted by Gasteiger charge is 2.51. The molecule has 4 rings (SSSR count). The molecule has 0 bridgehead atoms. The highest BCUT2D eigenvalue weighted by atomic mass is 16.2. The predicted octanol–water partition coefficient (Wildman–Crippen LogP) is 4.05. The van der Waals surface area contributed by atoms with Crippen LogP contribution in [0.5, 0.6) is 0 Å². The van der Waals surface area contributed by atoms with Gasteiger partial charge in [0.1, 0.15) is 11.6 Å². The van der Waals surface area contributed by atoms with E-state index >= 15 is 0 Å². The van der Waals surface area contributed by atoms with Crippen LogP contribution in [-0.4, -0.2) is 87.6 Å². The average Bonchev–Trinajstić information content (AvgIpc) is 3.13. The predicted molar refractivity (Wildman–Crippen MR) is 152 cm³/mol. The Morgan fingerprint density at radius 2 is 1.71 bits per heavy atom. The van der Waals surface area contributed by atoms with Crippen LogP contribution in [0.15, 0.2) is 0 Å². The Morgan fingerprint density at radius 3 is 2.32 bits per heavy atom. The molecule has 3 aliphatic rings. The number of unbranched alkanes of at least 4 members (excludes halogenated alkanes) is 1. The number of rotatable bonds is 8. The zero-order chi connectivity index (χ0) is 27.4. The Morgan fingerprint density at radius 1 is 1.05 bits per heavy atom. The van der Waals surface area contributed by atoms with E-state index in [-0.39, 0.29) is 17.9 Å². The summed E-state index contributed by atoms with van der Waals surface area (Å²) in [4.78, 5) is 34.2. The van der Waals surface area contributed by atoms with Crippen LogP contribution in [-0.2, 0) is 16.1 Å². The van der Waals surface area contributed by atoms with E-state index < -0.39 is 5.54 Å². The van der Waals surface area contributed by atoms with Crippen LogP contribution in [0.1, 0.15) is 102 Å². The zero-order valence-electron chi connectivity index (χ0n) is 24.9.